The predicted octanol–water partition coefficient (Wildman–Crippen LogP) is 2.75. The molecule has 0 spiro atoms. The smallest absolute Gasteiger partial charge is 0.0465 e. The van der Waals surface area contributed by atoms with Crippen LogP contribution in [0.4, 0.5) is 0 Å². The van der Waals surface area contributed by atoms with Gasteiger partial charge in [0.15, 0.2) is 0 Å². The molecular weight excluding hydrogens is 186 g/mol. The predicted molar refractivity (Wildman–Crippen MR) is 65.9 cm³/mol. The van der Waals surface area contributed by atoms with Crippen LogP contribution in [-0.2, 0) is 17.7 Å². The van der Waals surface area contributed by atoms with Crippen LogP contribution in [0, 0.1) is 0 Å². The molecule has 2 nitrogen and oxygen atoms in total. The van der Waals surface area contributed by atoms with Crippen LogP contribution >= 0.6 is 0 Å². The summed E-state index contributed by atoms with van der Waals surface area (Å²) in [5, 5.41) is 0. The number of ether oxygens (including phenoxy) is 1. The molecule has 0 bridgehead atoms. The Hall–Kier alpha value is -0.860. The highest BCUT2D eigenvalue weighted by molar-refractivity contribution is 5.23. The van der Waals surface area contributed by atoms with Gasteiger partial charge in [-0.05, 0) is 24.0 Å². The van der Waals surface area contributed by atoms with E-state index in [2.05, 4.69) is 24.3 Å². The Kier molecular flexibility index (Phi) is 9.13. The molecule has 0 aliphatic rings. The van der Waals surface area contributed by atoms with Gasteiger partial charge in [0.25, 0.3) is 0 Å². The lowest BCUT2D eigenvalue weighted by Crippen LogP contribution is -1.98. The van der Waals surface area contributed by atoms with Crippen LogP contribution in [0.15, 0.2) is 24.3 Å². The number of methoxy groups -OCH3 is 1. The van der Waals surface area contributed by atoms with Crippen LogP contribution in [0.1, 0.15) is 31.4 Å². The topological polar surface area (TPSA) is 35.2 Å². The van der Waals surface area contributed by atoms with Gasteiger partial charge >= 0.3 is 0 Å². The van der Waals surface area contributed by atoms with E-state index < -0.39 is 0 Å². The highest BCUT2D eigenvalue weighted by atomic mass is 16.5. The van der Waals surface area contributed by atoms with E-state index in [0.29, 0.717) is 6.54 Å². The lowest BCUT2D eigenvalue weighted by atomic mass is 10.1. The number of rotatable bonds is 5. The van der Waals surface area contributed by atoms with E-state index in [0.717, 1.165) is 19.4 Å². The first kappa shape index (κ1) is 14.1. The maximum atomic E-state index is 5.55. The quantitative estimate of drug-likeness (QED) is 0.757. The van der Waals surface area contributed by atoms with Crippen molar-refractivity contribution >= 4 is 0 Å². The Morgan fingerprint density at radius 3 is 2.47 bits per heavy atom. The van der Waals surface area contributed by atoms with Crippen molar-refractivity contribution in [1.82, 2.24) is 0 Å². The lowest BCUT2D eigenvalue weighted by molar-refractivity contribution is 0.195. The van der Waals surface area contributed by atoms with Gasteiger partial charge in [-0.25, -0.2) is 0 Å². The maximum Gasteiger partial charge on any atom is 0.0465 e. The summed E-state index contributed by atoms with van der Waals surface area (Å²) in [5.41, 5.74) is 8.10. The molecule has 15 heavy (non-hydrogen) atoms. The molecule has 0 atom stereocenters. The van der Waals surface area contributed by atoms with Crippen molar-refractivity contribution in [1.29, 1.82) is 0 Å². The summed E-state index contributed by atoms with van der Waals surface area (Å²) < 4.78 is 5.00. The average molecular weight is 209 g/mol. The minimum absolute atomic E-state index is 0.623. The molecule has 0 heterocycles. The first-order valence-corrected chi connectivity index (χ1v) is 5.63. The van der Waals surface area contributed by atoms with Gasteiger partial charge in [-0.3, -0.25) is 0 Å². The summed E-state index contributed by atoms with van der Waals surface area (Å²) in [6, 6.07) is 8.41. The second kappa shape index (κ2) is 9.69. The Morgan fingerprint density at radius 2 is 1.87 bits per heavy atom. The molecule has 2 heteroatoms. The van der Waals surface area contributed by atoms with Gasteiger partial charge in [-0.2, -0.15) is 0 Å². The summed E-state index contributed by atoms with van der Waals surface area (Å²) >= 11 is 0. The van der Waals surface area contributed by atoms with E-state index in [1.807, 2.05) is 13.8 Å². The molecule has 1 rings (SSSR count). The van der Waals surface area contributed by atoms with Crippen LogP contribution in [0.5, 0.6) is 0 Å². The molecule has 0 fully saturated rings. The molecule has 1 aromatic carbocycles. The average Bonchev–Trinajstić information content (AvgIpc) is 2.32. The Balaban J connectivity index is 0.000000921. The maximum absolute atomic E-state index is 5.55. The largest absolute Gasteiger partial charge is 0.385 e. The molecule has 0 unspecified atom stereocenters. The third kappa shape index (κ3) is 6.26. The SMILES string of the molecule is CC.COCCCc1cccc(CN)c1. The molecule has 0 aliphatic heterocycles. The van der Waals surface area contributed by atoms with Gasteiger partial charge < -0.3 is 10.5 Å². The molecule has 0 aromatic heterocycles. The van der Waals surface area contributed by atoms with Gasteiger partial charge in [0.05, 0.1) is 0 Å². The molecular formula is C13H23NO. The molecule has 0 radical (unpaired) electrons. The second-order valence-electron chi connectivity index (χ2n) is 3.12. The lowest BCUT2D eigenvalue weighted by Gasteiger charge is -2.02. The molecule has 86 valence electrons. The first-order chi connectivity index (χ1) is 7.36. The van der Waals surface area contributed by atoms with E-state index in [4.69, 9.17) is 10.5 Å². The molecule has 0 saturated heterocycles. The van der Waals surface area contributed by atoms with E-state index in [9.17, 15) is 0 Å². The molecule has 2 N–H and O–H groups in total. The minimum Gasteiger partial charge on any atom is -0.385 e. The zero-order valence-corrected chi connectivity index (χ0v) is 10.1. The van der Waals surface area contributed by atoms with Crippen LogP contribution in [-0.4, -0.2) is 13.7 Å². The third-order valence-corrected chi connectivity index (χ3v) is 2.04. The monoisotopic (exact) mass is 209 g/mol. The van der Waals surface area contributed by atoms with Crippen molar-refractivity contribution < 1.29 is 4.74 Å². The summed E-state index contributed by atoms with van der Waals surface area (Å²) in [4.78, 5) is 0. The van der Waals surface area contributed by atoms with Crippen LogP contribution in [0.25, 0.3) is 0 Å². The summed E-state index contributed by atoms with van der Waals surface area (Å²) in [7, 11) is 1.73. The van der Waals surface area contributed by atoms with Crippen LogP contribution in [0.3, 0.4) is 0 Å². The highest BCUT2D eigenvalue weighted by Gasteiger charge is 1.94. The summed E-state index contributed by atoms with van der Waals surface area (Å²) in [6.45, 7) is 5.45. The van der Waals surface area contributed by atoms with Gasteiger partial charge in [-0.1, -0.05) is 38.1 Å². The van der Waals surface area contributed by atoms with Crippen molar-refractivity contribution in [3.8, 4) is 0 Å². The Morgan fingerprint density at radius 1 is 1.20 bits per heavy atom. The minimum atomic E-state index is 0.623. The number of nitrogens with two attached hydrogens (primary N) is 1. The van der Waals surface area contributed by atoms with E-state index in [-0.39, 0.29) is 0 Å². The summed E-state index contributed by atoms with van der Waals surface area (Å²) in [6.07, 6.45) is 2.15. The zero-order valence-electron chi connectivity index (χ0n) is 10.1. The van der Waals surface area contributed by atoms with Gasteiger partial charge in [0.1, 0.15) is 0 Å². The fourth-order valence-corrected chi connectivity index (χ4v) is 1.33. The summed E-state index contributed by atoms with van der Waals surface area (Å²) in [5.74, 6) is 0. The van der Waals surface area contributed by atoms with E-state index in [1.165, 1.54) is 11.1 Å². The van der Waals surface area contributed by atoms with Crippen LogP contribution in [0.2, 0.25) is 0 Å². The van der Waals surface area contributed by atoms with E-state index >= 15 is 0 Å². The fraction of sp³-hybridized carbons (Fsp3) is 0.538. The highest BCUT2D eigenvalue weighted by Crippen LogP contribution is 2.06. The second-order valence-corrected chi connectivity index (χ2v) is 3.12. The van der Waals surface area contributed by atoms with Crippen molar-refractivity contribution in [2.45, 2.75) is 33.2 Å². The molecule has 1 aromatic rings. The number of hydrogen-bond donors (Lipinski definition) is 1. The van der Waals surface area contributed by atoms with Crippen molar-refractivity contribution in [2.24, 2.45) is 5.73 Å². The third-order valence-electron chi connectivity index (χ3n) is 2.04. The van der Waals surface area contributed by atoms with Crippen molar-refractivity contribution in [2.75, 3.05) is 13.7 Å². The van der Waals surface area contributed by atoms with Crippen molar-refractivity contribution in [3.63, 3.8) is 0 Å². The molecule has 0 saturated carbocycles. The number of aryl methyl sites for hydroxylation is 1. The molecule has 0 aliphatic carbocycles. The van der Waals surface area contributed by atoms with Gasteiger partial charge in [0, 0.05) is 20.3 Å². The number of benzene rings is 1. The number of hydrogen-bond acceptors (Lipinski definition) is 2. The normalized spacial score (nSPS) is 9.33. The molecule has 0 amide bonds. The standard InChI is InChI=1S/C11H17NO.C2H6/c1-13-7-3-6-10-4-2-5-11(8-10)9-12;1-2/h2,4-5,8H,3,6-7,9,12H2,1H3;1-2H3. The zero-order chi connectivity index (χ0) is 11.5. The van der Waals surface area contributed by atoms with Crippen molar-refractivity contribution in [3.05, 3.63) is 35.4 Å². The first-order valence-electron chi connectivity index (χ1n) is 5.63. The Bertz CT molecular complexity index is 248. The van der Waals surface area contributed by atoms with Crippen LogP contribution < -0.4 is 5.73 Å². The van der Waals surface area contributed by atoms with E-state index in [1.54, 1.807) is 7.11 Å². The Labute approximate surface area is 93.4 Å². The fourth-order valence-electron chi connectivity index (χ4n) is 1.33. The van der Waals surface area contributed by atoms with Gasteiger partial charge in [0.2, 0.25) is 0 Å². The van der Waals surface area contributed by atoms with Gasteiger partial charge in [-0.15, -0.1) is 0 Å².